The summed E-state index contributed by atoms with van der Waals surface area (Å²) in [6.07, 6.45) is 4.84. The molecule has 6 nitrogen and oxygen atoms in total. The number of rotatable bonds is 9. The Morgan fingerprint density at radius 1 is 0.921 bits per heavy atom. The molecule has 0 spiro atoms. The van der Waals surface area contributed by atoms with Gasteiger partial charge < -0.3 is 19.3 Å². The number of ether oxygens (including phenoxy) is 2. The molecule has 3 aromatic carbocycles. The molecular weight excluding hydrogens is 474 g/mol. The molecule has 0 bridgehead atoms. The predicted molar refractivity (Wildman–Crippen MR) is 153 cm³/mol. The predicted octanol–water partition coefficient (Wildman–Crippen LogP) is 4.67. The number of hydrogen-bond donors (Lipinski definition) is 0. The zero-order valence-electron chi connectivity index (χ0n) is 22.3. The number of methoxy groups -OCH3 is 2. The number of para-hydroxylation sites is 1. The highest BCUT2D eigenvalue weighted by Crippen LogP contribution is 2.36. The quantitative estimate of drug-likeness (QED) is 0.418. The Hall–Kier alpha value is -3.61. The minimum absolute atomic E-state index is 0.0901. The SMILES string of the molecule is COCCN(C(=O)Cc1cccc(OC)c1)C1c2ccccc2C=CC1N1CCN(c2ccccc2)CC1. The number of carbonyl (C=O) groups excluding carboxylic acids is 1. The average Bonchev–Trinajstić information content (AvgIpc) is 2.98. The molecule has 3 aromatic rings. The fourth-order valence-corrected chi connectivity index (χ4v) is 5.68. The van der Waals surface area contributed by atoms with Gasteiger partial charge in [-0.2, -0.15) is 0 Å². The summed E-state index contributed by atoms with van der Waals surface area (Å²) in [5.41, 5.74) is 4.58. The molecule has 6 heteroatoms. The molecule has 0 aromatic heterocycles. The maximum Gasteiger partial charge on any atom is 0.227 e. The second-order valence-electron chi connectivity index (χ2n) is 9.89. The molecule has 5 rings (SSSR count). The fourth-order valence-electron chi connectivity index (χ4n) is 5.68. The smallest absolute Gasteiger partial charge is 0.227 e. The van der Waals surface area contributed by atoms with Gasteiger partial charge in [-0.25, -0.2) is 0 Å². The zero-order valence-corrected chi connectivity index (χ0v) is 22.3. The van der Waals surface area contributed by atoms with Gasteiger partial charge in [0.15, 0.2) is 0 Å². The minimum atomic E-state index is -0.0901. The van der Waals surface area contributed by atoms with Crippen LogP contribution in [0.2, 0.25) is 0 Å². The Kier molecular flexibility index (Phi) is 8.41. The summed E-state index contributed by atoms with van der Waals surface area (Å²) < 4.78 is 10.9. The van der Waals surface area contributed by atoms with Crippen molar-refractivity contribution in [2.24, 2.45) is 0 Å². The Morgan fingerprint density at radius 2 is 1.68 bits per heavy atom. The first-order chi connectivity index (χ1) is 18.7. The summed E-state index contributed by atoms with van der Waals surface area (Å²) in [5.74, 6) is 0.858. The molecule has 1 heterocycles. The number of hydrogen-bond acceptors (Lipinski definition) is 5. The van der Waals surface area contributed by atoms with Gasteiger partial charge in [-0.05, 0) is 41.0 Å². The molecule has 38 heavy (non-hydrogen) atoms. The van der Waals surface area contributed by atoms with Crippen LogP contribution in [0.3, 0.4) is 0 Å². The summed E-state index contributed by atoms with van der Waals surface area (Å²) >= 11 is 0. The Balaban J connectivity index is 1.42. The van der Waals surface area contributed by atoms with Crippen LogP contribution in [0.4, 0.5) is 5.69 Å². The summed E-state index contributed by atoms with van der Waals surface area (Å²) in [5, 5.41) is 0. The lowest BCUT2D eigenvalue weighted by atomic mass is 9.86. The van der Waals surface area contributed by atoms with Crippen LogP contribution in [0, 0.1) is 0 Å². The van der Waals surface area contributed by atoms with Crippen molar-refractivity contribution in [1.29, 1.82) is 0 Å². The molecule has 0 saturated carbocycles. The summed E-state index contributed by atoms with van der Waals surface area (Å²) in [6, 6.07) is 26.9. The van der Waals surface area contributed by atoms with Gasteiger partial charge in [0.25, 0.3) is 0 Å². The lowest BCUT2D eigenvalue weighted by Crippen LogP contribution is -2.55. The Labute approximate surface area is 226 Å². The number of nitrogens with zero attached hydrogens (tertiary/aromatic N) is 3. The highest BCUT2D eigenvalue weighted by Gasteiger charge is 2.38. The van der Waals surface area contributed by atoms with Crippen molar-refractivity contribution in [1.82, 2.24) is 9.80 Å². The minimum Gasteiger partial charge on any atom is -0.497 e. The first-order valence-corrected chi connectivity index (χ1v) is 13.4. The molecule has 0 N–H and O–H groups in total. The summed E-state index contributed by atoms with van der Waals surface area (Å²) in [7, 11) is 3.35. The van der Waals surface area contributed by atoms with E-state index in [0.29, 0.717) is 19.6 Å². The number of piperazine rings is 1. The third-order valence-electron chi connectivity index (χ3n) is 7.65. The van der Waals surface area contributed by atoms with E-state index in [-0.39, 0.29) is 18.0 Å². The van der Waals surface area contributed by atoms with Gasteiger partial charge >= 0.3 is 0 Å². The Bertz CT molecular complexity index is 1240. The molecule has 1 fully saturated rings. The van der Waals surface area contributed by atoms with Crippen LogP contribution in [0.25, 0.3) is 6.08 Å². The van der Waals surface area contributed by atoms with Crippen molar-refractivity contribution in [2.45, 2.75) is 18.5 Å². The van der Waals surface area contributed by atoms with Crippen LogP contribution in [0.15, 0.2) is 84.9 Å². The van der Waals surface area contributed by atoms with E-state index in [4.69, 9.17) is 9.47 Å². The topological polar surface area (TPSA) is 45.2 Å². The third-order valence-corrected chi connectivity index (χ3v) is 7.65. The molecule has 2 unspecified atom stereocenters. The first kappa shape index (κ1) is 26.0. The van der Waals surface area contributed by atoms with E-state index in [2.05, 4.69) is 76.5 Å². The molecule has 0 radical (unpaired) electrons. The van der Waals surface area contributed by atoms with Gasteiger partial charge in [0.05, 0.1) is 32.2 Å². The zero-order chi connectivity index (χ0) is 26.3. The first-order valence-electron chi connectivity index (χ1n) is 13.4. The molecular formula is C32H37N3O3. The summed E-state index contributed by atoms with van der Waals surface area (Å²) in [6.45, 7) is 4.81. The number of benzene rings is 3. The third kappa shape index (κ3) is 5.77. The van der Waals surface area contributed by atoms with E-state index in [1.54, 1.807) is 14.2 Å². The van der Waals surface area contributed by atoms with Crippen LogP contribution in [0.5, 0.6) is 5.75 Å². The van der Waals surface area contributed by atoms with E-state index in [1.807, 2.05) is 29.2 Å². The van der Waals surface area contributed by atoms with Crippen LogP contribution >= 0.6 is 0 Å². The van der Waals surface area contributed by atoms with Gasteiger partial charge in [0.1, 0.15) is 5.75 Å². The molecule has 1 aliphatic heterocycles. The van der Waals surface area contributed by atoms with Gasteiger partial charge in [0.2, 0.25) is 5.91 Å². The van der Waals surface area contributed by atoms with E-state index >= 15 is 0 Å². The molecule has 1 aliphatic carbocycles. The maximum absolute atomic E-state index is 14.0. The van der Waals surface area contributed by atoms with E-state index in [9.17, 15) is 4.79 Å². The second-order valence-corrected chi connectivity index (χ2v) is 9.89. The standard InChI is InChI=1S/C32H37N3O3/c1-37-22-21-35(31(36)24-25-9-8-13-28(23-25)38-2)32-29-14-7-6-10-26(29)15-16-30(32)34-19-17-33(18-20-34)27-11-4-3-5-12-27/h3-16,23,30,32H,17-22,24H2,1-2H3. The normalized spacial score (nSPS) is 19.2. The van der Waals surface area contributed by atoms with Crippen molar-refractivity contribution in [3.05, 3.63) is 102 Å². The largest absolute Gasteiger partial charge is 0.497 e. The average molecular weight is 512 g/mol. The van der Waals surface area contributed by atoms with E-state index in [1.165, 1.54) is 16.8 Å². The highest BCUT2D eigenvalue weighted by molar-refractivity contribution is 5.80. The number of carbonyl (C=O) groups is 1. The van der Waals surface area contributed by atoms with E-state index < -0.39 is 0 Å². The molecule has 2 aliphatic rings. The van der Waals surface area contributed by atoms with Crippen LogP contribution in [-0.2, 0) is 16.0 Å². The van der Waals surface area contributed by atoms with Crippen LogP contribution in [-0.4, -0.2) is 75.3 Å². The lowest BCUT2D eigenvalue weighted by molar-refractivity contribution is -0.135. The molecule has 1 amide bonds. The van der Waals surface area contributed by atoms with Crippen LogP contribution < -0.4 is 9.64 Å². The maximum atomic E-state index is 14.0. The van der Waals surface area contributed by atoms with Crippen molar-refractivity contribution in [3.8, 4) is 5.75 Å². The van der Waals surface area contributed by atoms with Crippen molar-refractivity contribution in [2.75, 3.05) is 58.5 Å². The fraction of sp³-hybridized carbons (Fsp3) is 0.344. The van der Waals surface area contributed by atoms with Crippen molar-refractivity contribution >= 4 is 17.7 Å². The molecule has 198 valence electrons. The monoisotopic (exact) mass is 511 g/mol. The molecule has 2 atom stereocenters. The van der Waals surface area contributed by atoms with Gasteiger partial charge in [-0.3, -0.25) is 9.69 Å². The van der Waals surface area contributed by atoms with Crippen molar-refractivity contribution in [3.63, 3.8) is 0 Å². The number of fused-ring (bicyclic) bond motifs is 1. The van der Waals surface area contributed by atoms with Gasteiger partial charge in [-0.1, -0.05) is 66.7 Å². The number of amides is 1. The molecule has 1 saturated heterocycles. The number of anilines is 1. The van der Waals surface area contributed by atoms with Gasteiger partial charge in [0, 0.05) is 45.5 Å². The summed E-state index contributed by atoms with van der Waals surface area (Å²) in [4.78, 5) is 21.0. The lowest BCUT2D eigenvalue weighted by Gasteiger charge is -2.46. The second kappa shape index (κ2) is 12.3. The Morgan fingerprint density at radius 3 is 2.45 bits per heavy atom. The van der Waals surface area contributed by atoms with E-state index in [0.717, 1.165) is 37.5 Å². The van der Waals surface area contributed by atoms with Crippen LogP contribution in [0.1, 0.15) is 22.7 Å². The van der Waals surface area contributed by atoms with Gasteiger partial charge in [-0.15, -0.1) is 0 Å². The van der Waals surface area contributed by atoms with Crippen molar-refractivity contribution < 1.29 is 14.3 Å². The highest BCUT2D eigenvalue weighted by atomic mass is 16.5.